The molecule has 0 fully saturated rings. The summed E-state index contributed by atoms with van der Waals surface area (Å²) in [6.45, 7) is -1.36. The summed E-state index contributed by atoms with van der Waals surface area (Å²) in [5.74, 6) is -0.680. The number of carbonyl (C=O) groups is 1. The summed E-state index contributed by atoms with van der Waals surface area (Å²) in [5, 5.41) is 2.64. The van der Waals surface area contributed by atoms with E-state index in [1.807, 2.05) is 0 Å². The Morgan fingerprint density at radius 1 is 1.32 bits per heavy atom. The molecular formula is C17H13ClF3N3O3S. The lowest BCUT2D eigenvalue weighted by Gasteiger charge is -2.13. The topological polar surface area (TPSA) is 77.1 Å². The number of thioether (sulfide) groups is 1. The maximum Gasteiger partial charge on any atom is 0.405 e. The van der Waals surface area contributed by atoms with Gasteiger partial charge in [0.05, 0.1) is 29.5 Å². The fraction of sp³-hybridized carbons (Fsp3) is 0.235. The van der Waals surface area contributed by atoms with Crippen molar-refractivity contribution in [3.63, 3.8) is 0 Å². The highest BCUT2D eigenvalue weighted by atomic mass is 35.5. The van der Waals surface area contributed by atoms with Crippen molar-refractivity contribution < 1.29 is 22.4 Å². The van der Waals surface area contributed by atoms with Crippen molar-refractivity contribution in [2.75, 3.05) is 12.3 Å². The van der Waals surface area contributed by atoms with E-state index < -0.39 is 18.6 Å². The normalized spacial score (nSPS) is 11.7. The Bertz CT molecular complexity index is 1050. The number of halogens is 4. The fourth-order valence-electron chi connectivity index (χ4n) is 2.36. The number of furan rings is 1. The molecular weight excluding hydrogens is 419 g/mol. The Kier molecular flexibility index (Phi) is 5.99. The van der Waals surface area contributed by atoms with Crippen LogP contribution in [0.1, 0.15) is 5.76 Å². The minimum absolute atomic E-state index is 0.0594. The molecule has 0 bridgehead atoms. The van der Waals surface area contributed by atoms with Crippen molar-refractivity contribution >= 4 is 40.2 Å². The molecule has 148 valence electrons. The molecule has 1 N–H and O–H groups in total. The van der Waals surface area contributed by atoms with Crippen LogP contribution in [-0.4, -0.2) is 33.9 Å². The van der Waals surface area contributed by atoms with Crippen LogP contribution in [0.15, 0.2) is 51.0 Å². The first-order valence-electron chi connectivity index (χ1n) is 7.92. The molecule has 0 aliphatic carbocycles. The van der Waals surface area contributed by atoms with Gasteiger partial charge < -0.3 is 9.73 Å². The monoisotopic (exact) mass is 431 g/mol. The van der Waals surface area contributed by atoms with Gasteiger partial charge in [-0.25, -0.2) is 4.98 Å². The highest BCUT2D eigenvalue weighted by Crippen LogP contribution is 2.21. The second kappa shape index (κ2) is 8.27. The predicted molar refractivity (Wildman–Crippen MR) is 98.6 cm³/mol. The first-order valence-corrected chi connectivity index (χ1v) is 9.28. The standard InChI is InChI=1S/C17H13ClF3N3O3S/c18-10-3-4-12-13(6-10)23-16(28-8-14(25)22-9-17(19,20)21)24(15(12)26)7-11-2-1-5-27-11/h1-6H,7-9H2,(H,22,25). The Balaban J connectivity index is 1.90. The van der Waals surface area contributed by atoms with Crippen LogP contribution < -0.4 is 10.9 Å². The van der Waals surface area contributed by atoms with Gasteiger partial charge in [-0.15, -0.1) is 0 Å². The molecule has 1 amide bonds. The van der Waals surface area contributed by atoms with Crippen molar-refractivity contribution in [3.05, 3.63) is 57.7 Å². The number of carbonyl (C=O) groups excluding carboxylic acids is 1. The third kappa shape index (κ3) is 5.08. The number of aromatic nitrogens is 2. The quantitative estimate of drug-likeness (QED) is 0.478. The van der Waals surface area contributed by atoms with E-state index in [1.54, 1.807) is 23.5 Å². The van der Waals surface area contributed by atoms with E-state index in [1.165, 1.54) is 23.0 Å². The van der Waals surface area contributed by atoms with Crippen LogP contribution >= 0.6 is 23.4 Å². The van der Waals surface area contributed by atoms with Crippen LogP contribution in [0, 0.1) is 0 Å². The molecule has 0 unspecified atom stereocenters. The highest BCUT2D eigenvalue weighted by Gasteiger charge is 2.27. The minimum Gasteiger partial charge on any atom is -0.467 e. The van der Waals surface area contributed by atoms with E-state index >= 15 is 0 Å². The van der Waals surface area contributed by atoms with E-state index in [-0.39, 0.29) is 23.0 Å². The van der Waals surface area contributed by atoms with Crippen molar-refractivity contribution in [2.45, 2.75) is 17.9 Å². The van der Waals surface area contributed by atoms with Crippen LogP contribution in [-0.2, 0) is 11.3 Å². The van der Waals surface area contributed by atoms with Gasteiger partial charge in [0.1, 0.15) is 12.3 Å². The second-order valence-corrected chi connectivity index (χ2v) is 7.09. The average molecular weight is 432 g/mol. The Hall–Kier alpha value is -2.46. The molecule has 0 aliphatic rings. The molecule has 2 heterocycles. The zero-order chi connectivity index (χ0) is 20.3. The number of amides is 1. The third-order valence-corrected chi connectivity index (χ3v) is 4.81. The SMILES string of the molecule is O=C(CSc1nc2cc(Cl)ccc2c(=O)n1Cc1ccco1)NCC(F)(F)F. The molecule has 0 aliphatic heterocycles. The van der Waals surface area contributed by atoms with Gasteiger partial charge in [-0.2, -0.15) is 13.2 Å². The Morgan fingerprint density at radius 2 is 2.11 bits per heavy atom. The highest BCUT2D eigenvalue weighted by molar-refractivity contribution is 7.99. The first-order chi connectivity index (χ1) is 13.2. The summed E-state index contributed by atoms with van der Waals surface area (Å²) < 4.78 is 43.2. The summed E-state index contributed by atoms with van der Waals surface area (Å²) in [6, 6.07) is 7.93. The maximum absolute atomic E-state index is 12.9. The number of fused-ring (bicyclic) bond motifs is 1. The lowest BCUT2D eigenvalue weighted by atomic mass is 10.2. The molecule has 28 heavy (non-hydrogen) atoms. The first kappa shape index (κ1) is 20.3. The summed E-state index contributed by atoms with van der Waals surface area (Å²) in [7, 11) is 0. The fourth-order valence-corrected chi connectivity index (χ4v) is 3.36. The lowest BCUT2D eigenvalue weighted by Crippen LogP contribution is -2.35. The Labute approximate surface area is 165 Å². The molecule has 0 radical (unpaired) electrons. The molecule has 11 heteroatoms. The molecule has 3 aromatic rings. The number of alkyl halides is 3. The summed E-state index contributed by atoms with van der Waals surface area (Å²) >= 11 is 6.80. The lowest BCUT2D eigenvalue weighted by molar-refractivity contribution is -0.136. The third-order valence-electron chi connectivity index (χ3n) is 3.59. The molecule has 0 saturated carbocycles. The van der Waals surface area contributed by atoms with E-state index in [0.717, 1.165) is 11.8 Å². The maximum atomic E-state index is 12.9. The average Bonchev–Trinajstić information content (AvgIpc) is 3.13. The van der Waals surface area contributed by atoms with Crippen molar-refractivity contribution in [3.8, 4) is 0 Å². The zero-order valence-corrected chi connectivity index (χ0v) is 15.7. The molecule has 3 rings (SSSR count). The van der Waals surface area contributed by atoms with E-state index in [0.29, 0.717) is 21.7 Å². The van der Waals surface area contributed by atoms with Gasteiger partial charge in [-0.05, 0) is 30.3 Å². The van der Waals surface area contributed by atoms with Gasteiger partial charge in [-0.3, -0.25) is 14.2 Å². The molecule has 6 nitrogen and oxygen atoms in total. The van der Waals surface area contributed by atoms with Crippen LogP contribution in [0.2, 0.25) is 5.02 Å². The van der Waals surface area contributed by atoms with Gasteiger partial charge in [0.25, 0.3) is 5.56 Å². The van der Waals surface area contributed by atoms with Gasteiger partial charge in [-0.1, -0.05) is 23.4 Å². The molecule has 0 saturated heterocycles. The minimum atomic E-state index is -4.50. The van der Waals surface area contributed by atoms with Crippen molar-refractivity contribution in [1.29, 1.82) is 0 Å². The largest absolute Gasteiger partial charge is 0.467 e. The molecule has 1 aromatic carbocycles. The van der Waals surface area contributed by atoms with Gasteiger partial charge in [0, 0.05) is 5.02 Å². The second-order valence-electron chi connectivity index (χ2n) is 5.71. The molecule has 0 atom stereocenters. The predicted octanol–water partition coefficient (Wildman–Crippen LogP) is 3.46. The van der Waals surface area contributed by atoms with Gasteiger partial charge in [0.15, 0.2) is 5.16 Å². The van der Waals surface area contributed by atoms with Crippen molar-refractivity contribution in [1.82, 2.24) is 14.9 Å². The van der Waals surface area contributed by atoms with Crippen molar-refractivity contribution in [2.24, 2.45) is 0 Å². The summed E-state index contributed by atoms with van der Waals surface area (Å²) in [5.41, 5.74) is -0.0531. The van der Waals surface area contributed by atoms with E-state index in [4.69, 9.17) is 16.0 Å². The van der Waals surface area contributed by atoms with Crippen LogP contribution in [0.3, 0.4) is 0 Å². The zero-order valence-electron chi connectivity index (χ0n) is 14.1. The van der Waals surface area contributed by atoms with Crippen LogP contribution in [0.5, 0.6) is 0 Å². The smallest absolute Gasteiger partial charge is 0.405 e. The summed E-state index contributed by atoms with van der Waals surface area (Å²) in [4.78, 5) is 28.9. The number of hydrogen-bond donors (Lipinski definition) is 1. The number of benzene rings is 1. The summed E-state index contributed by atoms with van der Waals surface area (Å²) in [6.07, 6.45) is -3.05. The Morgan fingerprint density at radius 3 is 2.79 bits per heavy atom. The van der Waals surface area contributed by atoms with E-state index in [2.05, 4.69) is 4.98 Å². The number of rotatable bonds is 6. The molecule has 0 spiro atoms. The molecule has 2 aromatic heterocycles. The number of hydrogen-bond acceptors (Lipinski definition) is 5. The number of nitrogens with zero attached hydrogens (tertiary/aromatic N) is 2. The van der Waals surface area contributed by atoms with Crippen LogP contribution in [0.25, 0.3) is 10.9 Å². The number of nitrogens with one attached hydrogen (secondary N) is 1. The van der Waals surface area contributed by atoms with E-state index in [9.17, 15) is 22.8 Å². The van der Waals surface area contributed by atoms with Gasteiger partial charge in [0.2, 0.25) is 5.91 Å². The van der Waals surface area contributed by atoms with Gasteiger partial charge >= 0.3 is 6.18 Å². The van der Waals surface area contributed by atoms with Crippen LogP contribution in [0.4, 0.5) is 13.2 Å².